The Morgan fingerprint density at radius 3 is 2.23 bits per heavy atom. The predicted molar refractivity (Wildman–Crippen MR) is 168 cm³/mol. The molecule has 1 aromatic rings. The fraction of sp³-hybridized carbons (Fsp3) is 0.800. The van der Waals surface area contributed by atoms with Gasteiger partial charge in [0.2, 0.25) is 0 Å². The summed E-state index contributed by atoms with van der Waals surface area (Å²) in [5, 5.41) is 52.9. The lowest BCUT2D eigenvalue weighted by molar-refractivity contribution is -0.348. The van der Waals surface area contributed by atoms with Gasteiger partial charge >= 0.3 is 5.97 Å². The number of aliphatic hydroxyl groups is 5. The van der Waals surface area contributed by atoms with E-state index in [1.165, 1.54) is 19.3 Å². The molecule has 14 atom stereocenters. The third kappa shape index (κ3) is 8.91. The highest BCUT2D eigenvalue weighted by Crippen LogP contribution is 2.37. The van der Waals surface area contributed by atoms with Crippen molar-refractivity contribution in [3.05, 3.63) is 35.9 Å². The van der Waals surface area contributed by atoms with Gasteiger partial charge in [-0.3, -0.25) is 0 Å². The van der Waals surface area contributed by atoms with E-state index in [1.807, 2.05) is 13.8 Å². The highest BCUT2D eigenvalue weighted by atomic mass is 16.7. The van der Waals surface area contributed by atoms with E-state index in [-0.39, 0.29) is 12.0 Å². The molecule has 0 bridgehead atoms. The molecular formula is C35H54O12. The average molecular weight is 667 g/mol. The van der Waals surface area contributed by atoms with E-state index in [9.17, 15) is 30.3 Å². The number of hydrogen-bond acceptors (Lipinski definition) is 12. The average Bonchev–Trinajstić information content (AvgIpc) is 3.07. The minimum absolute atomic E-state index is 0.0560. The number of rotatable bonds is 11. The molecule has 0 spiro atoms. The highest BCUT2D eigenvalue weighted by molar-refractivity contribution is 5.89. The standard InChI is InChI=1S/C35H54O12/c1-19-11-10-16-24(30(19)47-34-29(40)28(39)26(37)21(3)43-34)44-35-32(46-33(41)23-14-8-5-9-15-23)31(27(38)25(18-36)45-35)42-20(2)17-22-12-6-4-7-13-22/h5,8-9,14-15,19-22,24-32,34-40H,4,6-7,10-13,16-18H2,1-3H3/t19?,20-,21?,24?,25?,26?,27?,28?,29?,30?,31?,32?,34?,35?/m1/s1. The molecule has 4 fully saturated rings. The molecule has 2 aliphatic carbocycles. The number of aliphatic hydroxyl groups excluding tert-OH is 5. The molecule has 0 amide bonds. The molecule has 266 valence electrons. The molecule has 0 radical (unpaired) electrons. The van der Waals surface area contributed by atoms with Gasteiger partial charge in [-0.1, -0.05) is 63.6 Å². The van der Waals surface area contributed by atoms with Crippen LogP contribution in [0.2, 0.25) is 0 Å². The number of carbonyl (C=O) groups excluding carboxylic acids is 1. The zero-order valence-electron chi connectivity index (χ0n) is 27.7. The summed E-state index contributed by atoms with van der Waals surface area (Å²) in [7, 11) is 0. The Balaban J connectivity index is 1.38. The predicted octanol–water partition coefficient (Wildman–Crippen LogP) is 2.45. The van der Waals surface area contributed by atoms with Crippen LogP contribution in [-0.4, -0.2) is 118 Å². The third-order valence-electron chi connectivity index (χ3n) is 10.3. The van der Waals surface area contributed by atoms with E-state index in [4.69, 9.17) is 28.4 Å². The Morgan fingerprint density at radius 1 is 0.809 bits per heavy atom. The maximum absolute atomic E-state index is 13.4. The molecule has 5 N–H and O–H groups in total. The Kier molecular flexibility index (Phi) is 13.1. The van der Waals surface area contributed by atoms with E-state index in [0.717, 1.165) is 32.1 Å². The van der Waals surface area contributed by atoms with E-state index in [2.05, 4.69) is 0 Å². The molecule has 4 aliphatic rings. The third-order valence-corrected chi connectivity index (χ3v) is 10.3. The van der Waals surface area contributed by atoms with Crippen molar-refractivity contribution in [2.24, 2.45) is 11.8 Å². The van der Waals surface area contributed by atoms with Crippen LogP contribution in [0.3, 0.4) is 0 Å². The minimum Gasteiger partial charge on any atom is -0.450 e. The summed E-state index contributed by atoms with van der Waals surface area (Å²) in [6, 6.07) is 8.50. The molecule has 2 aliphatic heterocycles. The number of hydrogen-bond donors (Lipinski definition) is 5. The van der Waals surface area contributed by atoms with Crippen molar-refractivity contribution in [2.75, 3.05) is 6.61 Å². The lowest BCUT2D eigenvalue weighted by Crippen LogP contribution is -2.63. The first-order valence-corrected chi connectivity index (χ1v) is 17.4. The van der Waals surface area contributed by atoms with Crippen LogP contribution >= 0.6 is 0 Å². The maximum Gasteiger partial charge on any atom is 0.338 e. The van der Waals surface area contributed by atoms with Crippen molar-refractivity contribution in [1.29, 1.82) is 0 Å². The molecule has 2 saturated carbocycles. The van der Waals surface area contributed by atoms with Gasteiger partial charge in [-0.25, -0.2) is 4.79 Å². The topological polar surface area (TPSA) is 174 Å². The lowest BCUT2D eigenvalue weighted by Gasteiger charge is -2.47. The van der Waals surface area contributed by atoms with Crippen LogP contribution in [0.1, 0.15) is 88.9 Å². The van der Waals surface area contributed by atoms with E-state index >= 15 is 0 Å². The first-order valence-electron chi connectivity index (χ1n) is 17.4. The molecule has 12 nitrogen and oxygen atoms in total. The van der Waals surface area contributed by atoms with Gasteiger partial charge in [-0.2, -0.15) is 0 Å². The van der Waals surface area contributed by atoms with Crippen molar-refractivity contribution >= 4 is 5.97 Å². The lowest BCUT2D eigenvalue weighted by atomic mass is 9.85. The van der Waals surface area contributed by atoms with Crippen molar-refractivity contribution in [2.45, 2.75) is 158 Å². The van der Waals surface area contributed by atoms with Crippen LogP contribution in [0.5, 0.6) is 0 Å². The summed E-state index contributed by atoms with van der Waals surface area (Å²) >= 11 is 0. The Bertz CT molecular complexity index is 1100. The van der Waals surface area contributed by atoms with Gasteiger partial charge in [-0.15, -0.1) is 0 Å². The summed E-state index contributed by atoms with van der Waals surface area (Å²) in [5.41, 5.74) is 0.310. The molecular weight excluding hydrogens is 612 g/mol. The van der Waals surface area contributed by atoms with Crippen molar-refractivity contribution < 1.29 is 58.7 Å². The molecule has 12 heteroatoms. The number of ether oxygens (including phenoxy) is 6. The molecule has 1 aromatic carbocycles. The van der Waals surface area contributed by atoms with Gasteiger partial charge in [0.15, 0.2) is 18.7 Å². The highest BCUT2D eigenvalue weighted by Gasteiger charge is 2.52. The first kappa shape index (κ1) is 36.6. The van der Waals surface area contributed by atoms with Crippen LogP contribution in [0.15, 0.2) is 30.3 Å². The first-order chi connectivity index (χ1) is 22.6. The van der Waals surface area contributed by atoms with Gasteiger partial charge in [0, 0.05) is 0 Å². The molecule has 0 aromatic heterocycles. The van der Waals surface area contributed by atoms with Gasteiger partial charge in [0.1, 0.15) is 36.6 Å². The van der Waals surface area contributed by atoms with Crippen LogP contribution < -0.4 is 0 Å². The van der Waals surface area contributed by atoms with E-state index in [0.29, 0.717) is 17.9 Å². The second kappa shape index (κ2) is 16.8. The van der Waals surface area contributed by atoms with Crippen LogP contribution in [0, 0.1) is 11.8 Å². The number of carbonyl (C=O) groups is 1. The molecule has 5 rings (SSSR count). The number of esters is 1. The van der Waals surface area contributed by atoms with Crippen LogP contribution in [0.25, 0.3) is 0 Å². The Labute approximate surface area is 277 Å². The van der Waals surface area contributed by atoms with Crippen LogP contribution in [0.4, 0.5) is 0 Å². The zero-order valence-corrected chi connectivity index (χ0v) is 27.7. The van der Waals surface area contributed by atoms with Gasteiger partial charge < -0.3 is 54.0 Å². The number of benzene rings is 1. The Morgan fingerprint density at radius 2 is 1.53 bits per heavy atom. The van der Waals surface area contributed by atoms with Gasteiger partial charge in [0.25, 0.3) is 0 Å². The summed E-state index contributed by atoms with van der Waals surface area (Å²) in [6.45, 7) is 5.01. The van der Waals surface area contributed by atoms with Crippen molar-refractivity contribution in [3.8, 4) is 0 Å². The largest absolute Gasteiger partial charge is 0.450 e. The second-order valence-corrected chi connectivity index (χ2v) is 14.0. The minimum atomic E-state index is -1.49. The molecule has 2 heterocycles. The van der Waals surface area contributed by atoms with Crippen molar-refractivity contribution in [3.63, 3.8) is 0 Å². The van der Waals surface area contributed by atoms with Crippen molar-refractivity contribution in [1.82, 2.24) is 0 Å². The molecule has 13 unspecified atom stereocenters. The van der Waals surface area contributed by atoms with Gasteiger partial charge in [0.05, 0.1) is 36.6 Å². The zero-order chi connectivity index (χ0) is 33.7. The summed E-state index contributed by atoms with van der Waals surface area (Å²) < 4.78 is 37.2. The molecule has 47 heavy (non-hydrogen) atoms. The quantitative estimate of drug-likeness (QED) is 0.219. The molecule has 2 saturated heterocycles. The van der Waals surface area contributed by atoms with E-state index < -0.39 is 86.2 Å². The fourth-order valence-electron chi connectivity index (χ4n) is 7.57. The normalized spacial score (nSPS) is 40.9. The maximum atomic E-state index is 13.4. The smallest absolute Gasteiger partial charge is 0.338 e. The summed E-state index contributed by atoms with van der Waals surface area (Å²) in [6.07, 6.45) is -4.84. The monoisotopic (exact) mass is 666 g/mol. The fourth-order valence-corrected chi connectivity index (χ4v) is 7.57. The van der Waals surface area contributed by atoms with E-state index in [1.54, 1.807) is 37.3 Å². The Hall–Kier alpha value is -1.71. The SMILES string of the molecule is CC1CCCC(OC2OC(CO)C(O)C(O[C@H](C)CC3CCCCC3)C2OC(=O)c2ccccc2)C1OC1OC(C)C(O)C(O)C1O. The second-order valence-electron chi connectivity index (χ2n) is 14.0. The van der Waals surface area contributed by atoms with Crippen LogP contribution in [-0.2, 0) is 28.4 Å². The summed E-state index contributed by atoms with van der Waals surface area (Å²) in [5.74, 6) is -0.191. The van der Waals surface area contributed by atoms with Gasteiger partial charge in [-0.05, 0) is 57.1 Å². The summed E-state index contributed by atoms with van der Waals surface area (Å²) in [4.78, 5) is 13.4.